The van der Waals surface area contributed by atoms with E-state index in [1.807, 2.05) is 42.5 Å². The summed E-state index contributed by atoms with van der Waals surface area (Å²) >= 11 is 1.52. The molecule has 3 aromatic carbocycles. The van der Waals surface area contributed by atoms with E-state index in [-0.39, 0.29) is 6.04 Å². The molecule has 0 bridgehead atoms. The molecule has 0 radical (unpaired) electrons. The van der Waals surface area contributed by atoms with E-state index in [9.17, 15) is 0 Å². The molecular formula is C24H25N3OS. The van der Waals surface area contributed by atoms with Gasteiger partial charge in [-0.15, -0.1) is 0 Å². The van der Waals surface area contributed by atoms with Crippen molar-refractivity contribution >= 4 is 21.6 Å². The maximum absolute atomic E-state index is 6.39. The normalized spacial score (nSPS) is 12.2. The molecule has 0 fully saturated rings. The summed E-state index contributed by atoms with van der Waals surface area (Å²) in [7, 11) is 0. The van der Waals surface area contributed by atoms with Crippen LogP contribution in [0.5, 0.6) is 5.75 Å². The Bertz CT molecular complexity index is 1050. The van der Waals surface area contributed by atoms with Gasteiger partial charge in [-0.1, -0.05) is 60.7 Å². The topological polar surface area (TPSA) is 60.2 Å². The molecule has 1 heterocycles. The first-order valence-electron chi connectivity index (χ1n) is 9.86. The first kappa shape index (κ1) is 19.6. The molecule has 0 aliphatic carbocycles. The first-order valence-corrected chi connectivity index (χ1v) is 10.6. The van der Waals surface area contributed by atoms with Gasteiger partial charge >= 0.3 is 0 Å². The van der Waals surface area contributed by atoms with E-state index < -0.39 is 0 Å². The van der Waals surface area contributed by atoms with Crippen LogP contribution < -0.4 is 15.8 Å². The van der Waals surface area contributed by atoms with Crippen LogP contribution in [-0.4, -0.2) is 10.9 Å². The molecule has 0 saturated heterocycles. The number of benzene rings is 3. The smallest absolute Gasteiger partial charge is 0.120 e. The second-order valence-corrected chi connectivity index (χ2v) is 7.86. The Kier molecular flexibility index (Phi) is 6.52. The molecule has 1 unspecified atom stereocenters. The molecule has 1 atom stereocenters. The zero-order valence-corrected chi connectivity index (χ0v) is 17.1. The van der Waals surface area contributed by atoms with Crippen LogP contribution in [0.25, 0.3) is 10.1 Å². The van der Waals surface area contributed by atoms with Crippen LogP contribution >= 0.6 is 11.5 Å². The Morgan fingerprint density at radius 1 is 0.931 bits per heavy atom. The Morgan fingerprint density at radius 3 is 2.62 bits per heavy atom. The molecule has 1 aromatic heterocycles. The fourth-order valence-electron chi connectivity index (χ4n) is 3.29. The summed E-state index contributed by atoms with van der Waals surface area (Å²) in [5.74, 6) is 0.888. The quantitative estimate of drug-likeness (QED) is 0.384. The molecule has 4 nitrogen and oxygen atoms in total. The average Bonchev–Trinajstić information content (AvgIpc) is 3.21. The van der Waals surface area contributed by atoms with Crippen LogP contribution in [0.15, 0.2) is 78.9 Å². The van der Waals surface area contributed by atoms with Gasteiger partial charge in [-0.25, -0.2) is 0 Å². The third-order valence-electron chi connectivity index (χ3n) is 4.86. The van der Waals surface area contributed by atoms with Crippen molar-refractivity contribution in [1.29, 1.82) is 0 Å². The lowest BCUT2D eigenvalue weighted by molar-refractivity contribution is 0.306. The predicted octanol–water partition coefficient (Wildman–Crippen LogP) is 5.06. The van der Waals surface area contributed by atoms with E-state index in [4.69, 9.17) is 10.5 Å². The maximum atomic E-state index is 6.39. The predicted molar refractivity (Wildman–Crippen MR) is 120 cm³/mol. The SMILES string of the molecule is NC(CCNCc1cccc(OCc2ccccc2)c1)c1nsc2ccccc12. The molecule has 3 N–H and O–H groups in total. The van der Waals surface area contributed by atoms with Crippen LogP contribution in [0, 0.1) is 0 Å². The summed E-state index contributed by atoms with van der Waals surface area (Å²) in [4.78, 5) is 0. The van der Waals surface area contributed by atoms with Crippen molar-refractivity contribution in [2.75, 3.05) is 6.54 Å². The highest BCUT2D eigenvalue weighted by Crippen LogP contribution is 2.27. The van der Waals surface area contributed by atoms with E-state index in [0.29, 0.717) is 6.61 Å². The van der Waals surface area contributed by atoms with Gasteiger partial charge in [-0.3, -0.25) is 0 Å². The number of hydrogen-bond acceptors (Lipinski definition) is 5. The minimum atomic E-state index is -0.0563. The van der Waals surface area contributed by atoms with Crippen LogP contribution in [0.2, 0.25) is 0 Å². The number of nitrogens with two attached hydrogens (primary N) is 1. The van der Waals surface area contributed by atoms with Crippen molar-refractivity contribution in [3.8, 4) is 5.75 Å². The van der Waals surface area contributed by atoms with Gasteiger partial charge in [0.15, 0.2) is 0 Å². The van der Waals surface area contributed by atoms with E-state index in [1.165, 1.54) is 32.7 Å². The van der Waals surface area contributed by atoms with Crippen molar-refractivity contribution in [3.05, 3.63) is 95.7 Å². The molecular weight excluding hydrogens is 378 g/mol. The zero-order chi connectivity index (χ0) is 19.9. The molecule has 29 heavy (non-hydrogen) atoms. The van der Waals surface area contributed by atoms with Gasteiger partial charge in [0.2, 0.25) is 0 Å². The van der Waals surface area contributed by atoms with Crippen LogP contribution in [0.3, 0.4) is 0 Å². The molecule has 0 spiro atoms. The van der Waals surface area contributed by atoms with Gasteiger partial charge in [-0.05, 0) is 53.8 Å². The van der Waals surface area contributed by atoms with Crippen LogP contribution in [0.4, 0.5) is 0 Å². The van der Waals surface area contributed by atoms with E-state index in [1.54, 1.807) is 0 Å². The lowest BCUT2D eigenvalue weighted by atomic mass is 10.1. The zero-order valence-electron chi connectivity index (χ0n) is 16.3. The molecule has 0 amide bonds. The van der Waals surface area contributed by atoms with Crippen LogP contribution in [-0.2, 0) is 13.2 Å². The average molecular weight is 404 g/mol. The summed E-state index contributed by atoms with van der Waals surface area (Å²) in [6, 6.07) is 26.6. The van der Waals surface area contributed by atoms with Gasteiger partial charge in [0, 0.05) is 18.0 Å². The second-order valence-electron chi connectivity index (χ2n) is 7.06. The number of fused-ring (bicyclic) bond motifs is 1. The Balaban J connectivity index is 1.25. The van der Waals surface area contributed by atoms with Crippen molar-refractivity contribution in [2.45, 2.75) is 25.6 Å². The van der Waals surface area contributed by atoms with Crippen molar-refractivity contribution in [3.63, 3.8) is 0 Å². The molecule has 4 rings (SSSR count). The number of ether oxygens (including phenoxy) is 1. The molecule has 0 saturated carbocycles. The Labute approximate surface area is 175 Å². The summed E-state index contributed by atoms with van der Waals surface area (Å²) in [6.07, 6.45) is 0.845. The number of aromatic nitrogens is 1. The van der Waals surface area contributed by atoms with E-state index in [0.717, 1.165) is 31.0 Å². The largest absolute Gasteiger partial charge is 0.489 e. The Hall–Kier alpha value is -2.73. The van der Waals surface area contributed by atoms with E-state index in [2.05, 4.69) is 46.1 Å². The van der Waals surface area contributed by atoms with Gasteiger partial charge in [0.25, 0.3) is 0 Å². The standard InChI is InChI=1S/C24H25N3OS/c25-22(24-21-11-4-5-12-23(21)29-27-24)13-14-26-16-19-9-6-10-20(15-19)28-17-18-7-2-1-3-8-18/h1-12,15,22,26H,13-14,16-17,25H2. The first-order chi connectivity index (χ1) is 14.3. The highest BCUT2D eigenvalue weighted by molar-refractivity contribution is 7.13. The van der Waals surface area contributed by atoms with Crippen molar-refractivity contribution in [1.82, 2.24) is 9.69 Å². The Morgan fingerprint density at radius 2 is 1.72 bits per heavy atom. The fraction of sp³-hybridized carbons (Fsp3) is 0.208. The number of nitrogens with zero attached hydrogens (tertiary/aromatic N) is 1. The summed E-state index contributed by atoms with van der Waals surface area (Å²) in [5, 5.41) is 4.66. The third-order valence-corrected chi connectivity index (χ3v) is 5.71. The van der Waals surface area contributed by atoms with Gasteiger partial charge < -0.3 is 15.8 Å². The fourth-order valence-corrected chi connectivity index (χ4v) is 4.13. The van der Waals surface area contributed by atoms with E-state index >= 15 is 0 Å². The number of nitrogens with one attached hydrogen (secondary N) is 1. The van der Waals surface area contributed by atoms with Crippen molar-refractivity contribution < 1.29 is 4.74 Å². The highest BCUT2D eigenvalue weighted by Gasteiger charge is 2.13. The lowest BCUT2D eigenvalue weighted by Gasteiger charge is -2.12. The molecule has 4 aromatic rings. The van der Waals surface area contributed by atoms with Gasteiger partial charge in [0.1, 0.15) is 12.4 Å². The monoisotopic (exact) mass is 403 g/mol. The summed E-state index contributed by atoms with van der Waals surface area (Å²) < 4.78 is 11.7. The molecule has 148 valence electrons. The highest BCUT2D eigenvalue weighted by atomic mass is 32.1. The molecule has 0 aliphatic rings. The van der Waals surface area contributed by atoms with Gasteiger partial charge in [-0.2, -0.15) is 4.37 Å². The minimum Gasteiger partial charge on any atom is -0.489 e. The minimum absolute atomic E-state index is 0.0563. The summed E-state index contributed by atoms with van der Waals surface area (Å²) in [5.41, 5.74) is 9.76. The maximum Gasteiger partial charge on any atom is 0.120 e. The van der Waals surface area contributed by atoms with Crippen LogP contribution in [0.1, 0.15) is 29.3 Å². The third kappa shape index (κ3) is 5.21. The second kappa shape index (κ2) is 9.65. The lowest BCUT2D eigenvalue weighted by Crippen LogP contribution is -2.21. The van der Waals surface area contributed by atoms with Crippen molar-refractivity contribution in [2.24, 2.45) is 5.73 Å². The number of rotatable bonds is 9. The molecule has 0 aliphatic heterocycles. The molecule has 5 heteroatoms. The van der Waals surface area contributed by atoms with Gasteiger partial charge in [0.05, 0.1) is 10.4 Å². The summed E-state index contributed by atoms with van der Waals surface area (Å²) in [6.45, 7) is 2.20. The number of hydrogen-bond donors (Lipinski definition) is 2.